The van der Waals surface area contributed by atoms with Crippen molar-refractivity contribution in [3.05, 3.63) is 12.2 Å². The Bertz CT molecular complexity index is 686. The fraction of sp³-hybridized carbons (Fsp3) is 0.897. The zero-order chi connectivity index (χ0) is 21.9. The molecule has 170 valence electrons. The highest BCUT2D eigenvalue weighted by molar-refractivity contribution is 5.83. The van der Waals surface area contributed by atoms with Gasteiger partial charge in [0.25, 0.3) is 0 Å². The summed E-state index contributed by atoms with van der Waals surface area (Å²) in [7, 11) is 0. The van der Waals surface area contributed by atoms with Gasteiger partial charge in [-0.15, -0.1) is 0 Å². The maximum absolute atomic E-state index is 13.7. The van der Waals surface area contributed by atoms with Crippen LogP contribution in [0, 0.1) is 57.7 Å². The zero-order valence-corrected chi connectivity index (χ0v) is 21.0. The van der Waals surface area contributed by atoms with Gasteiger partial charge in [-0.25, -0.2) is 0 Å². The van der Waals surface area contributed by atoms with Crippen LogP contribution in [0.2, 0.25) is 0 Å². The lowest BCUT2D eigenvalue weighted by Gasteiger charge is -2.62. The Hall–Kier alpha value is -0.590. The van der Waals surface area contributed by atoms with Crippen molar-refractivity contribution < 1.29 is 4.79 Å². The first-order chi connectivity index (χ1) is 14.0. The summed E-state index contributed by atoms with van der Waals surface area (Å²) in [5.41, 5.74) is 0.883. The Morgan fingerprint density at radius 2 is 1.67 bits per heavy atom. The van der Waals surface area contributed by atoms with Crippen LogP contribution in [0.4, 0.5) is 0 Å². The van der Waals surface area contributed by atoms with E-state index in [1.807, 2.05) is 0 Å². The summed E-state index contributed by atoms with van der Waals surface area (Å²) in [6.45, 7) is 17.1. The van der Waals surface area contributed by atoms with E-state index in [9.17, 15) is 4.79 Å². The smallest absolute Gasteiger partial charge is 0.136 e. The first-order valence-electron chi connectivity index (χ1n) is 13.2. The van der Waals surface area contributed by atoms with Crippen molar-refractivity contribution in [2.24, 2.45) is 57.7 Å². The topological polar surface area (TPSA) is 17.1 Å². The van der Waals surface area contributed by atoms with Gasteiger partial charge in [0, 0.05) is 12.3 Å². The predicted molar refractivity (Wildman–Crippen MR) is 127 cm³/mol. The molecule has 0 aromatic heterocycles. The molecule has 0 unspecified atom stereocenters. The van der Waals surface area contributed by atoms with Crippen molar-refractivity contribution in [1.29, 1.82) is 0 Å². The van der Waals surface area contributed by atoms with Gasteiger partial charge < -0.3 is 0 Å². The lowest BCUT2D eigenvalue weighted by Crippen LogP contribution is -2.58. The minimum absolute atomic E-state index is 0.164. The molecule has 0 radical (unpaired) electrons. The standard InChI is InChI=1S/C29H48O/c1-19(2)10-8-11-20(3)21-12-13-22-26-23(14-17-28(21,22)6)29(7)16-9-15-27(4,5)25(29)18-24(26)30/h9,15,19-23,25-26H,8,10-14,16-18H2,1-7H3/t20-,21-,22+,23+,25+,26+,28-,29-/m1/s1. The van der Waals surface area contributed by atoms with Crippen molar-refractivity contribution in [2.75, 3.05) is 0 Å². The molecule has 4 aliphatic rings. The summed E-state index contributed by atoms with van der Waals surface area (Å²) >= 11 is 0. The van der Waals surface area contributed by atoms with Crippen LogP contribution in [-0.2, 0) is 4.79 Å². The number of hydrogen-bond donors (Lipinski definition) is 0. The number of carbonyl (C=O) groups is 1. The van der Waals surface area contributed by atoms with E-state index < -0.39 is 0 Å². The van der Waals surface area contributed by atoms with Gasteiger partial charge in [-0.3, -0.25) is 4.79 Å². The third-order valence-electron chi connectivity index (χ3n) is 10.9. The highest BCUT2D eigenvalue weighted by Crippen LogP contribution is 2.68. The number of rotatable bonds is 5. The Morgan fingerprint density at radius 3 is 2.37 bits per heavy atom. The van der Waals surface area contributed by atoms with E-state index in [4.69, 9.17) is 0 Å². The number of Topliss-reactive ketones (excluding diaryl/α,β-unsaturated/α-hetero) is 1. The molecule has 0 spiro atoms. The third kappa shape index (κ3) is 3.45. The molecule has 30 heavy (non-hydrogen) atoms. The Labute approximate surface area is 186 Å². The van der Waals surface area contributed by atoms with E-state index >= 15 is 0 Å². The third-order valence-corrected chi connectivity index (χ3v) is 10.9. The summed E-state index contributed by atoms with van der Waals surface area (Å²) in [5.74, 6) is 5.23. The van der Waals surface area contributed by atoms with Crippen LogP contribution < -0.4 is 0 Å². The number of carbonyl (C=O) groups excluding carboxylic acids is 1. The summed E-state index contributed by atoms with van der Waals surface area (Å²) < 4.78 is 0. The quantitative estimate of drug-likeness (QED) is 0.417. The molecule has 0 aliphatic heterocycles. The van der Waals surface area contributed by atoms with Crippen molar-refractivity contribution in [2.45, 2.75) is 106 Å². The van der Waals surface area contributed by atoms with Crippen LogP contribution in [0.1, 0.15) is 106 Å². The van der Waals surface area contributed by atoms with Gasteiger partial charge in [-0.05, 0) is 83.9 Å². The highest BCUT2D eigenvalue weighted by atomic mass is 16.1. The minimum Gasteiger partial charge on any atom is -0.299 e. The summed E-state index contributed by atoms with van der Waals surface area (Å²) in [6.07, 6.45) is 16.3. The van der Waals surface area contributed by atoms with E-state index in [0.29, 0.717) is 40.3 Å². The second-order valence-electron chi connectivity index (χ2n) is 13.4. The molecule has 1 nitrogen and oxygen atoms in total. The van der Waals surface area contributed by atoms with Gasteiger partial charge in [-0.2, -0.15) is 0 Å². The average Bonchev–Trinajstić information content (AvgIpc) is 3.00. The van der Waals surface area contributed by atoms with Crippen LogP contribution in [0.25, 0.3) is 0 Å². The first-order valence-corrected chi connectivity index (χ1v) is 13.2. The van der Waals surface area contributed by atoms with Crippen LogP contribution in [0.3, 0.4) is 0 Å². The van der Waals surface area contributed by atoms with Crippen molar-refractivity contribution >= 4 is 5.78 Å². The van der Waals surface area contributed by atoms with E-state index in [1.165, 1.54) is 51.4 Å². The summed E-state index contributed by atoms with van der Waals surface area (Å²) in [5, 5.41) is 0. The molecular weight excluding hydrogens is 364 g/mol. The molecule has 8 atom stereocenters. The SMILES string of the molecule is CC(C)CCC[C@@H](C)[C@H]1CC[C@H]2[C@@H]3C(=O)C[C@H]4C(C)(C)C=CC[C@]4(C)[C@H]3CC[C@]12C. The van der Waals surface area contributed by atoms with E-state index in [2.05, 4.69) is 60.6 Å². The highest BCUT2D eigenvalue weighted by Gasteiger charge is 2.64. The maximum atomic E-state index is 13.7. The molecule has 0 N–H and O–H groups in total. The molecule has 0 aromatic carbocycles. The lowest BCUT2D eigenvalue weighted by atomic mass is 9.42. The largest absolute Gasteiger partial charge is 0.299 e. The zero-order valence-electron chi connectivity index (χ0n) is 21.0. The molecular formula is C29H48O. The van der Waals surface area contributed by atoms with Gasteiger partial charge in [0.05, 0.1) is 0 Å². The van der Waals surface area contributed by atoms with Gasteiger partial charge in [0.1, 0.15) is 5.78 Å². The van der Waals surface area contributed by atoms with Crippen molar-refractivity contribution in [1.82, 2.24) is 0 Å². The summed E-state index contributed by atoms with van der Waals surface area (Å²) in [6, 6.07) is 0. The van der Waals surface area contributed by atoms with Gasteiger partial charge in [-0.1, -0.05) is 79.9 Å². The number of ketones is 1. The molecule has 1 heteroatoms. The van der Waals surface area contributed by atoms with Gasteiger partial charge >= 0.3 is 0 Å². The molecule has 3 fully saturated rings. The molecule has 0 bridgehead atoms. The molecule has 0 amide bonds. The lowest BCUT2D eigenvalue weighted by molar-refractivity contribution is -0.159. The second kappa shape index (κ2) is 7.77. The van der Waals surface area contributed by atoms with Gasteiger partial charge in [0.2, 0.25) is 0 Å². The normalized spacial score (nSPS) is 45.7. The van der Waals surface area contributed by atoms with Gasteiger partial charge in [0.15, 0.2) is 0 Å². The average molecular weight is 413 g/mol. The summed E-state index contributed by atoms with van der Waals surface area (Å²) in [4.78, 5) is 13.7. The molecule has 4 rings (SSSR count). The fourth-order valence-electron chi connectivity index (χ4n) is 9.32. The molecule has 0 saturated heterocycles. The fourth-order valence-corrected chi connectivity index (χ4v) is 9.32. The Morgan fingerprint density at radius 1 is 0.967 bits per heavy atom. The van der Waals surface area contributed by atoms with E-state index in [0.717, 1.165) is 24.2 Å². The maximum Gasteiger partial charge on any atom is 0.136 e. The number of allylic oxidation sites excluding steroid dienone is 2. The first kappa shape index (κ1) is 22.6. The molecule has 4 aliphatic carbocycles. The number of fused-ring (bicyclic) bond motifs is 5. The van der Waals surface area contributed by atoms with Crippen LogP contribution in [-0.4, -0.2) is 5.78 Å². The number of hydrogen-bond acceptors (Lipinski definition) is 1. The monoisotopic (exact) mass is 412 g/mol. The Balaban J connectivity index is 1.55. The minimum atomic E-state index is 0.164. The molecule has 3 saturated carbocycles. The van der Waals surface area contributed by atoms with Crippen LogP contribution in [0.15, 0.2) is 12.2 Å². The van der Waals surface area contributed by atoms with Crippen molar-refractivity contribution in [3.63, 3.8) is 0 Å². The van der Waals surface area contributed by atoms with Crippen molar-refractivity contribution in [3.8, 4) is 0 Å². The Kier molecular flexibility index (Phi) is 5.85. The molecule has 0 aromatic rings. The van der Waals surface area contributed by atoms with E-state index in [-0.39, 0.29) is 5.41 Å². The predicted octanol–water partition coefficient (Wildman–Crippen LogP) is 8.09. The van der Waals surface area contributed by atoms with Crippen LogP contribution in [0.5, 0.6) is 0 Å². The van der Waals surface area contributed by atoms with E-state index in [1.54, 1.807) is 0 Å². The van der Waals surface area contributed by atoms with Crippen LogP contribution >= 0.6 is 0 Å². The molecule has 0 heterocycles. The second-order valence-corrected chi connectivity index (χ2v) is 13.4.